The zero-order chi connectivity index (χ0) is 19.3. The lowest BCUT2D eigenvalue weighted by molar-refractivity contribution is 0.0713. The molecule has 4 rings (SSSR count). The van der Waals surface area contributed by atoms with Crippen LogP contribution in [0, 0.1) is 0 Å². The second-order valence-corrected chi connectivity index (χ2v) is 6.98. The van der Waals surface area contributed by atoms with Crippen molar-refractivity contribution in [2.45, 2.75) is 18.9 Å². The van der Waals surface area contributed by atoms with Crippen LogP contribution in [-0.4, -0.2) is 67.1 Å². The van der Waals surface area contributed by atoms with E-state index in [9.17, 15) is 9.59 Å². The van der Waals surface area contributed by atoms with Gasteiger partial charge in [0.05, 0.1) is 17.9 Å². The Bertz CT molecular complexity index is 809. The predicted molar refractivity (Wildman–Crippen MR) is 102 cm³/mol. The first-order valence-electron chi connectivity index (χ1n) is 9.65. The SMILES string of the molecule is O=C(NC[C@@H]1CCCO1)c1cccnc1N1CCN(C(=O)c2ccco2)CC1. The zero-order valence-corrected chi connectivity index (χ0v) is 15.7. The summed E-state index contributed by atoms with van der Waals surface area (Å²) in [4.78, 5) is 33.3. The van der Waals surface area contributed by atoms with Crippen molar-refractivity contribution in [2.24, 2.45) is 0 Å². The van der Waals surface area contributed by atoms with E-state index in [1.54, 1.807) is 35.4 Å². The van der Waals surface area contributed by atoms with E-state index in [2.05, 4.69) is 10.3 Å². The van der Waals surface area contributed by atoms with E-state index in [0.717, 1.165) is 19.4 Å². The number of anilines is 1. The summed E-state index contributed by atoms with van der Waals surface area (Å²) < 4.78 is 10.8. The smallest absolute Gasteiger partial charge is 0.289 e. The van der Waals surface area contributed by atoms with Crippen molar-refractivity contribution >= 4 is 17.6 Å². The van der Waals surface area contributed by atoms with Crippen LogP contribution in [-0.2, 0) is 4.74 Å². The first-order chi connectivity index (χ1) is 13.7. The lowest BCUT2D eigenvalue weighted by atomic mass is 10.2. The van der Waals surface area contributed by atoms with E-state index in [0.29, 0.717) is 49.9 Å². The Labute approximate surface area is 163 Å². The molecule has 8 nitrogen and oxygen atoms in total. The average molecular weight is 384 g/mol. The largest absolute Gasteiger partial charge is 0.459 e. The minimum absolute atomic E-state index is 0.0974. The fourth-order valence-corrected chi connectivity index (χ4v) is 3.61. The van der Waals surface area contributed by atoms with Crippen LogP contribution in [0.2, 0.25) is 0 Å². The summed E-state index contributed by atoms with van der Waals surface area (Å²) in [7, 11) is 0. The maximum Gasteiger partial charge on any atom is 0.289 e. The molecule has 2 fully saturated rings. The molecule has 2 aromatic rings. The number of rotatable bonds is 5. The summed E-state index contributed by atoms with van der Waals surface area (Å²) in [6.07, 6.45) is 5.30. The molecule has 2 amide bonds. The molecule has 0 aromatic carbocycles. The number of carbonyl (C=O) groups excluding carboxylic acids is 2. The number of piperazine rings is 1. The Morgan fingerprint density at radius 2 is 2.04 bits per heavy atom. The highest BCUT2D eigenvalue weighted by molar-refractivity contribution is 5.99. The minimum Gasteiger partial charge on any atom is -0.459 e. The van der Waals surface area contributed by atoms with Crippen LogP contribution in [0.1, 0.15) is 33.8 Å². The monoisotopic (exact) mass is 384 g/mol. The van der Waals surface area contributed by atoms with Crippen LogP contribution in [0.3, 0.4) is 0 Å². The Kier molecular flexibility index (Phi) is 5.57. The topological polar surface area (TPSA) is 87.9 Å². The molecule has 0 bridgehead atoms. The van der Waals surface area contributed by atoms with Crippen molar-refractivity contribution in [3.8, 4) is 0 Å². The van der Waals surface area contributed by atoms with Gasteiger partial charge in [-0.25, -0.2) is 4.98 Å². The molecular weight excluding hydrogens is 360 g/mol. The zero-order valence-electron chi connectivity index (χ0n) is 15.7. The van der Waals surface area contributed by atoms with E-state index in [-0.39, 0.29) is 17.9 Å². The van der Waals surface area contributed by atoms with Crippen LogP contribution in [0.4, 0.5) is 5.82 Å². The molecule has 0 aliphatic carbocycles. The van der Waals surface area contributed by atoms with Crippen molar-refractivity contribution in [3.05, 3.63) is 48.0 Å². The van der Waals surface area contributed by atoms with E-state index >= 15 is 0 Å². The molecule has 4 heterocycles. The van der Waals surface area contributed by atoms with Gasteiger partial charge in [0.2, 0.25) is 0 Å². The van der Waals surface area contributed by atoms with Crippen LogP contribution < -0.4 is 10.2 Å². The van der Waals surface area contributed by atoms with Crippen molar-refractivity contribution in [2.75, 3.05) is 44.2 Å². The van der Waals surface area contributed by atoms with Gasteiger partial charge < -0.3 is 24.3 Å². The van der Waals surface area contributed by atoms with Crippen LogP contribution in [0.5, 0.6) is 0 Å². The lowest BCUT2D eigenvalue weighted by Crippen LogP contribution is -2.49. The van der Waals surface area contributed by atoms with Crippen molar-refractivity contribution in [1.82, 2.24) is 15.2 Å². The molecule has 0 spiro atoms. The van der Waals surface area contributed by atoms with E-state index in [4.69, 9.17) is 9.15 Å². The van der Waals surface area contributed by atoms with E-state index < -0.39 is 0 Å². The third-order valence-electron chi connectivity index (χ3n) is 5.14. The summed E-state index contributed by atoms with van der Waals surface area (Å²) in [6.45, 7) is 3.59. The van der Waals surface area contributed by atoms with Crippen LogP contribution >= 0.6 is 0 Å². The molecule has 1 N–H and O–H groups in total. The normalized spacial score (nSPS) is 19.6. The van der Waals surface area contributed by atoms with Gasteiger partial charge >= 0.3 is 0 Å². The molecular formula is C20H24N4O4. The summed E-state index contributed by atoms with van der Waals surface area (Å²) in [5.41, 5.74) is 0.548. The quantitative estimate of drug-likeness (QED) is 0.842. The number of nitrogens with one attached hydrogen (secondary N) is 1. The molecule has 2 aliphatic heterocycles. The van der Waals surface area contributed by atoms with Gasteiger partial charge in [-0.3, -0.25) is 9.59 Å². The van der Waals surface area contributed by atoms with Gasteiger partial charge in [0, 0.05) is 45.5 Å². The molecule has 8 heteroatoms. The molecule has 2 aliphatic rings. The first-order valence-corrected chi connectivity index (χ1v) is 9.65. The van der Waals surface area contributed by atoms with Crippen molar-refractivity contribution in [1.29, 1.82) is 0 Å². The fraction of sp³-hybridized carbons (Fsp3) is 0.450. The fourth-order valence-electron chi connectivity index (χ4n) is 3.61. The summed E-state index contributed by atoms with van der Waals surface area (Å²) in [5, 5.41) is 2.96. The maximum atomic E-state index is 12.7. The van der Waals surface area contributed by atoms with Crippen molar-refractivity contribution in [3.63, 3.8) is 0 Å². The Balaban J connectivity index is 1.38. The number of pyridine rings is 1. The first kappa shape index (κ1) is 18.5. The second-order valence-electron chi connectivity index (χ2n) is 6.98. The van der Waals surface area contributed by atoms with Gasteiger partial charge in [0.15, 0.2) is 5.76 Å². The van der Waals surface area contributed by atoms with Gasteiger partial charge in [-0.1, -0.05) is 0 Å². The van der Waals surface area contributed by atoms with Crippen LogP contribution in [0.15, 0.2) is 41.1 Å². The highest BCUT2D eigenvalue weighted by Crippen LogP contribution is 2.20. The highest BCUT2D eigenvalue weighted by atomic mass is 16.5. The summed E-state index contributed by atoms with van der Waals surface area (Å²) in [6, 6.07) is 6.93. The molecule has 0 saturated carbocycles. The standard InChI is InChI=1S/C20H24N4O4/c25-19(22-14-15-4-2-12-27-15)16-5-1-7-21-18(16)23-8-10-24(11-9-23)20(26)17-6-3-13-28-17/h1,3,5-7,13,15H,2,4,8-12,14H2,(H,22,25)/t15-/m0/s1. The minimum atomic E-state index is -0.146. The Hall–Kier alpha value is -2.87. The molecule has 2 saturated heterocycles. The van der Waals surface area contributed by atoms with E-state index in [1.807, 2.05) is 4.90 Å². The number of ether oxygens (including phenoxy) is 1. The van der Waals surface area contributed by atoms with Gasteiger partial charge in [0.1, 0.15) is 5.82 Å². The van der Waals surface area contributed by atoms with Crippen molar-refractivity contribution < 1.29 is 18.7 Å². The molecule has 1 atom stereocenters. The number of hydrogen-bond acceptors (Lipinski definition) is 6. The van der Waals surface area contributed by atoms with Gasteiger partial charge in [-0.05, 0) is 37.1 Å². The maximum absolute atomic E-state index is 12.7. The average Bonchev–Trinajstić information content (AvgIpc) is 3.46. The molecule has 0 radical (unpaired) electrons. The second kappa shape index (κ2) is 8.43. The third kappa shape index (κ3) is 4.01. The highest BCUT2D eigenvalue weighted by Gasteiger charge is 2.27. The number of furan rings is 1. The van der Waals surface area contributed by atoms with Gasteiger partial charge in [0.25, 0.3) is 11.8 Å². The van der Waals surface area contributed by atoms with Crippen LogP contribution in [0.25, 0.3) is 0 Å². The molecule has 2 aromatic heterocycles. The number of nitrogens with zero attached hydrogens (tertiary/aromatic N) is 3. The molecule has 0 unspecified atom stereocenters. The summed E-state index contributed by atoms with van der Waals surface area (Å²) in [5.74, 6) is 0.741. The molecule has 28 heavy (non-hydrogen) atoms. The van der Waals surface area contributed by atoms with E-state index in [1.165, 1.54) is 6.26 Å². The Morgan fingerprint density at radius 1 is 1.18 bits per heavy atom. The predicted octanol–water partition coefficient (Wildman–Crippen LogP) is 1.55. The Morgan fingerprint density at radius 3 is 2.75 bits per heavy atom. The van der Waals surface area contributed by atoms with Gasteiger partial charge in [-0.2, -0.15) is 0 Å². The molecule has 148 valence electrons. The number of hydrogen-bond donors (Lipinski definition) is 1. The number of amides is 2. The number of aromatic nitrogens is 1. The van der Waals surface area contributed by atoms with Gasteiger partial charge in [-0.15, -0.1) is 0 Å². The lowest BCUT2D eigenvalue weighted by Gasteiger charge is -2.35. The third-order valence-corrected chi connectivity index (χ3v) is 5.14. The summed E-state index contributed by atoms with van der Waals surface area (Å²) >= 11 is 0. The number of carbonyl (C=O) groups is 2.